The van der Waals surface area contributed by atoms with E-state index in [2.05, 4.69) is 11.9 Å². The van der Waals surface area contributed by atoms with E-state index in [4.69, 9.17) is 32.7 Å². The van der Waals surface area contributed by atoms with E-state index in [9.17, 15) is 14.4 Å². The normalized spacial score (nSPS) is 14.6. The molecule has 36 heavy (non-hydrogen) atoms. The van der Waals surface area contributed by atoms with Gasteiger partial charge < -0.3 is 9.47 Å². The van der Waals surface area contributed by atoms with Gasteiger partial charge in [-0.3, -0.25) is 14.9 Å². The summed E-state index contributed by atoms with van der Waals surface area (Å²) in [6.45, 7) is 4.16. The highest BCUT2D eigenvalue weighted by molar-refractivity contribution is 6.39. The summed E-state index contributed by atoms with van der Waals surface area (Å²) < 4.78 is 11.2. The molecule has 9 heteroatoms. The van der Waals surface area contributed by atoms with Gasteiger partial charge in [0.2, 0.25) is 0 Å². The van der Waals surface area contributed by atoms with Crippen LogP contribution in [0.5, 0.6) is 11.5 Å². The van der Waals surface area contributed by atoms with Gasteiger partial charge in [-0.25, -0.2) is 9.69 Å². The Hall–Kier alpha value is -4.07. The van der Waals surface area contributed by atoms with Crippen molar-refractivity contribution in [3.05, 3.63) is 106 Å². The Bertz CT molecular complexity index is 1350. The van der Waals surface area contributed by atoms with Gasteiger partial charge in [0.05, 0.1) is 5.69 Å². The Labute approximate surface area is 217 Å². The third-order valence-electron chi connectivity index (χ3n) is 5.17. The first-order valence-electron chi connectivity index (χ1n) is 10.8. The van der Waals surface area contributed by atoms with Gasteiger partial charge >= 0.3 is 6.03 Å². The molecule has 0 unspecified atom stereocenters. The number of halogens is 2. The van der Waals surface area contributed by atoms with Crippen LogP contribution in [0.15, 0.2) is 85.0 Å². The quantitative estimate of drug-likeness (QED) is 0.229. The van der Waals surface area contributed by atoms with Crippen molar-refractivity contribution in [2.24, 2.45) is 0 Å². The summed E-state index contributed by atoms with van der Waals surface area (Å²) in [6.07, 6.45) is 3.04. The van der Waals surface area contributed by atoms with Crippen LogP contribution in [0.2, 0.25) is 10.0 Å². The van der Waals surface area contributed by atoms with Gasteiger partial charge in [-0.05, 0) is 60.2 Å². The molecule has 0 bridgehead atoms. The zero-order chi connectivity index (χ0) is 25.7. The molecule has 0 radical (unpaired) electrons. The van der Waals surface area contributed by atoms with Crippen molar-refractivity contribution in [1.82, 2.24) is 5.32 Å². The summed E-state index contributed by atoms with van der Waals surface area (Å²) in [5.74, 6) is -0.389. The summed E-state index contributed by atoms with van der Waals surface area (Å²) >= 11 is 12.1. The third kappa shape index (κ3) is 5.76. The molecule has 7 nitrogen and oxygen atoms in total. The highest BCUT2D eigenvalue weighted by Crippen LogP contribution is 2.26. The summed E-state index contributed by atoms with van der Waals surface area (Å²) in [5.41, 5.74) is 1.45. The van der Waals surface area contributed by atoms with Gasteiger partial charge in [0, 0.05) is 15.6 Å². The number of rotatable bonds is 8. The fourth-order valence-electron chi connectivity index (χ4n) is 3.37. The van der Waals surface area contributed by atoms with Gasteiger partial charge in [-0.2, -0.15) is 0 Å². The molecule has 1 aliphatic rings. The maximum Gasteiger partial charge on any atom is 0.335 e. The second-order valence-corrected chi connectivity index (χ2v) is 8.49. The van der Waals surface area contributed by atoms with Gasteiger partial charge in [0.25, 0.3) is 11.8 Å². The van der Waals surface area contributed by atoms with E-state index in [0.717, 1.165) is 10.5 Å². The molecule has 1 saturated heterocycles. The van der Waals surface area contributed by atoms with E-state index in [1.807, 2.05) is 0 Å². The van der Waals surface area contributed by atoms with Crippen LogP contribution in [0.3, 0.4) is 0 Å². The Morgan fingerprint density at radius 1 is 0.889 bits per heavy atom. The predicted octanol–water partition coefficient (Wildman–Crippen LogP) is 5.80. The summed E-state index contributed by atoms with van der Waals surface area (Å²) in [4.78, 5) is 38.9. The SMILES string of the molecule is C=CCOc1ccc(/C=C2\C(=O)NC(=O)N(c3ccc(OCc4ccc(Cl)cc4Cl)cc3)C2=O)cc1. The molecule has 1 aliphatic heterocycles. The predicted molar refractivity (Wildman–Crippen MR) is 138 cm³/mol. The Morgan fingerprint density at radius 2 is 1.56 bits per heavy atom. The standard InChI is InChI=1S/C27H20Cl2N2O5/c1-2-13-35-21-9-3-17(4-10-21)14-23-25(32)30-27(34)31(26(23)33)20-7-11-22(12-8-20)36-16-18-5-6-19(28)15-24(18)29/h2-12,14-15H,1,13,16H2,(H,30,32,34)/b23-14+. The Morgan fingerprint density at radius 3 is 2.22 bits per heavy atom. The minimum absolute atomic E-state index is 0.174. The molecule has 4 amide bonds. The fourth-order valence-corrected chi connectivity index (χ4v) is 3.83. The van der Waals surface area contributed by atoms with Gasteiger partial charge in [-0.1, -0.05) is 54.1 Å². The molecule has 3 aromatic rings. The Kier molecular flexibility index (Phi) is 7.73. The number of hydrogen-bond acceptors (Lipinski definition) is 5. The number of anilines is 1. The van der Waals surface area contributed by atoms with Crippen LogP contribution in [0, 0.1) is 0 Å². The van der Waals surface area contributed by atoms with Crippen molar-refractivity contribution in [2.45, 2.75) is 6.61 Å². The number of carbonyl (C=O) groups excluding carboxylic acids is 3. The lowest BCUT2D eigenvalue weighted by atomic mass is 10.1. The average Bonchev–Trinajstić information content (AvgIpc) is 2.86. The summed E-state index contributed by atoms with van der Waals surface area (Å²) in [5, 5.41) is 3.22. The number of nitrogens with one attached hydrogen (secondary N) is 1. The van der Waals surface area contributed by atoms with Gasteiger partial charge in [0.15, 0.2) is 0 Å². The van der Waals surface area contributed by atoms with E-state index >= 15 is 0 Å². The number of benzene rings is 3. The lowest BCUT2D eigenvalue weighted by Gasteiger charge is -2.26. The molecule has 3 aromatic carbocycles. The first-order valence-corrected chi connectivity index (χ1v) is 11.5. The molecule has 0 atom stereocenters. The van der Waals surface area contributed by atoms with Crippen molar-refractivity contribution in [3.8, 4) is 11.5 Å². The first-order chi connectivity index (χ1) is 17.4. The number of hydrogen-bond donors (Lipinski definition) is 1. The first kappa shape index (κ1) is 25.0. The molecule has 4 rings (SSSR count). The highest BCUT2D eigenvalue weighted by atomic mass is 35.5. The maximum absolute atomic E-state index is 13.1. The van der Waals surface area contributed by atoms with Crippen molar-refractivity contribution < 1.29 is 23.9 Å². The highest BCUT2D eigenvalue weighted by Gasteiger charge is 2.36. The Balaban J connectivity index is 1.49. The van der Waals surface area contributed by atoms with Crippen LogP contribution in [0.25, 0.3) is 6.08 Å². The lowest BCUT2D eigenvalue weighted by Crippen LogP contribution is -2.54. The van der Waals surface area contributed by atoms with E-state index in [1.54, 1.807) is 72.8 Å². The van der Waals surface area contributed by atoms with Crippen molar-refractivity contribution in [1.29, 1.82) is 0 Å². The summed E-state index contributed by atoms with van der Waals surface area (Å²) in [6, 6.07) is 17.4. The lowest BCUT2D eigenvalue weighted by molar-refractivity contribution is -0.122. The molecule has 0 saturated carbocycles. The van der Waals surface area contributed by atoms with Gasteiger partial charge in [0.1, 0.15) is 30.3 Å². The largest absolute Gasteiger partial charge is 0.490 e. The number of urea groups is 1. The van der Waals surface area contributed by atoms with Gasteiger partial charge in [-0.15, -0.1) is 0 Å². The van der Waals surface area contributed by atoms with Crippen LogP contribution >= 0.6 is 23.2 Å². The van der Waals surface area contributed by atoms with Crippen molar-refractivity contribution >= 4 is 52.8 Å². The second kappa shape index (κ2) is 11.1. The van der Waals surface area contributed by atoms with E-state index in [0.29, 0.717) is 33.7 Å². The van der Waals surface area contributed by atoms with Crippen LogP contribution < -0.4 is 19.7 Å². The zero-order valence-corrected chi connectivity index (χ0v) is 20.4. The van der Waals surface area contributed by atoms with Crippen LogP contribution in [0.1, 0.15) is 11.1 Å². The number of imide groups is 2. The van der Waals surface area contributed by atoms with E-state index < -0.39 is 17.8 Å². The van der Waals surface area contributed by atoms with Crippen molar-refractivity contribution in [2.75, 3.05) is 11.5 Å². The molecular weight excluding hydrogens is 503 g/mol. The minimum atomic E-state index is -0.836. The topological polar surface area (TPSA) is 84.9 Å². The van der Waals surface area contributed by atoms with Crippen LogP contribution in [-0.4, -0.2) is 24.5 Å². The molecule has 0 aliphatic carbocycles. The average molecular weight is 523 g/mol. The molecule has 1 N–H and O–H groups in total. The van der Waals surface area contributed by atoms with E-state index in [1.165, 1.54) is 6.08 Å². The minimum Gasteiger partial charge on any atom is -0.490 e. The monoisotopic (exact) mass is 522 g/mol. The second-order valence-electron chi connectivity index (χ2n) is 7.64. The summed E-state index contributed by atoms with van der Waals surface area (Å²) in [7, 11) is 0. The molecular formula is C27H20Cl2N2O5. The number of amides is 4. The number of nitrogens with zero attached hydrogens (tertiary/aromatic N) is 1. The number of carbonyl (C=O) groups is 3. The third-order valence-corrected chi connectivity index (χ3v) is 5.75. The maximum atomic E-state index is 13.1. The van der Waals surface area contributed by atoms with Crippen LogP contribution in [0.4, 0.5) is 10.5 Å². The molecule has 1 heterocycles. The zero-order valence-electron chi connectivity index (χ0n) is 18.9. The number of barbiturate groups is 1. The fraction of sp³-hybridized carbons (Fsp3) is 0.0741. The van der Waals surface area contributed by atoms with Crippen molar-refractivity contribution in [3.63, 3.8) is 0 Å². The van der Waals surface area contributed by atoms with E-state index in [-0.39, 0.29) is 17.9 Å². The molecule has 182 valence electrons. The molecule has 0 spiro atoms. The van der Waals surface area contributed by atoms with Crippen LogP contribution in [-0.2, 0) is 16.2 Å². The smallest absolute Gasteiger partial charge is 0.335 e. The molecule has 0 aromatic heterocycles. The molecule has 1 fully saturated rings. The number of ether oxygens (including phenoxy) is 2.